The average Bonchev–Trinajstić information content (AvgIpc) is 3.22. The zero-order chi connectivity index (χ0) is 19.0. The van der Waals surface area contributed by atoms with E-state index in [4.69, 9.17) is 0 Å². The van der Waals surface area contributed by atoms with Crippen molar-refractivity contribution in [3.63, 3.8) is 0 Å². The molecule has 27 heavy (non-hydrogen) atoms. The van der Waals surface area contributed by atoms with E-state index in [0.717, 1.165) is 41.8 Å². The highest BCUT2D eigenvalue weighted by Crippen LogP contribution is 2.37. The second-order valence-electron chi connectivity index (χ2n) is 7.21. The molecule has 6 nitrogen and oxygen atoms in total. The van der Waals surface area contributed by atoms with Gasteiger partial charge in [0.15, 0.2) is 5.13 Å². The van der Waals surface area contributed by atoms with Crippen LogP contribution in [0.25, 0.3) is 11.3 Å². The molecule has 2 aromatic rings. The highest BCUT2D eigenvalue weighted by molar-refractivity contribution is 7.14. The summed E-state index contributed by atoms with van der Waals surface area (Å²) in [4.78, 5) is 42.9. The number of carbonyl (C=O) groups is 3. The number of anilines is 1. The number of aryl methyl sites for hydroxylation is 1. The zero-order valence-electron chi connectivity index (χ0n) is 15.1. The third-order valence-electron chi connectivity index (χ3n) is 5.33. The van der Waals surface area contributed by atoms with Crippen LogP contribution in [0, 0.1) is 18.8 Å². The Morgan fingerprint density at radius 2 is 1.78 bits per heavy atom. The first-order valence-electron chi connectivity index (χ1n) is 9.20. The number of aromatic nitrogens is 1. The van der Waals surface area contributed by atoms with Gasteiger partial charge in [0.2, 0.25) is 17.7 Å². The van der Waals surface area contributed by atoms with Crippen LogP contribution in [-0.4, -0.2) is 34.2 Å². The smallest absolute Gasteiger partial charge is 0.246 e. The molecule has 0 spiro atoms. The van der Waals surface area contributed by atoms with Crippen LogP contribution < -0.4 is 5.32 Å². The van der Waals surface area contributed by atoms with Gasteiger partial charge in [-0.2, -0.15) is 0 Å². The molecule has 1 saturated carbocycles. The molecule has 0 unspecified atom stereocenters. The maximum atomic E-state index is 12.5. The molecule has 1 aromatic heterocycles. The second kappa shape index (κ2) is 7.23. The predicted molar refractivity (Wildman–Crippen MR) is 103 cm³/mol. The fourth-order valence-electron chi connectivity index (χ4n) is 3.88. The molecule has 2 fully saturated rings. The summed E-state index contributed by atoms with van der Waals surface area (Å²) in [6, 6.07) is 7.99. The minimum absolute atomic E-state index is 0.195. The SMILES string of the molecule is Cc1ccc(-c2csc(NC(=O)CN3C(=O)[C@H]4CCCC[C@@H]4C3=O)n2)cc1. The maximum Gasteiger partial charge on any atom is 0.246 e. The number of carbonyl (C=O) groups excluding carboxylic acids is 3. The number of nitrogens with zero attached hydrogens (tertiary/aromatic N) is 2. The fourth-order valence-corrected chi connectivity index (χ4v) is 4.61. The number of amides is 3. The molecular formula is C20H21N3O3S. The number of fused-ring (bicyclic) bond motifs is 1. The summed E-state index contributed by atoms with van der Waals surface area (Å²) in [6.45, 7) is 1.79. The Hall–Kier alpha value is -2.54. The Kier molecular flexibility index (Phi) is 4.78. The molecule has 4 rings (SSSR count). The lowest BCUT2D eigenvalue weighted by molar-refractivity contribution is -0.142. The van der Waals surface area contributed by atoms with Crippen molar-refractivity contribution in [1.29, 1.82) is 0 Å². The molecule has 1 aliphatic heterocycles. The molecule has 1 N–H and O–H groups in total. The van der Waals surface area contributed by atoms with Crippen LogP contribution in [-0.2, 0) is 14.4 Å². The first-order chi connectivity index (χ1) is 13.0. The number of benzene rings is 1. The molecule has 3 amide bonds. The first-order valence-corrected chi connectivity index (χ1v) is 10.1. The van der Waals surface area contributed by atoms with Gasteiger partial charge in [-0.3, -0.25) is 19.3 Å². The van der Waals surface area contributed by atoms with Gasteiger partial charge >= 0.3 is 0 Å². The fraction of sp³-hybridized carbons (Fsp3) is 0.400. The quantitative estimate of drug-likeness (QED) is 0.822. The number of imide groups is 1. The molecule has 0 radical (unpaired) electrons. The van der Waals surface area contributed by atoms with Gasteiger partial charge in [-0.1, -0.05) is 42.7 Å². The van der Waals surface area contributed by atoms with E-state index in [2.05, 4.69) is 10.3 Å². The largest absolute Gasteiger partial charge is 0.300 e. The van der Waals surface area contributed by atoms with E-state index in [1.807, 2.05) is 36.6 Å². The standard InChI is InChI=1S/C20H21N3O3S/c1-12-6-8-13(9-7-12)16-11-27-20(21-16)22-17(24)10-23-18(25)14-4-2-3-5-15(14)19(23)26/h6-9,11,14-15H,2-5,10H2,1H3,(H,21,22,24)/t14-,15-/m0/s1. The van der Waals surface area contributed by atoms with E-state index in [1.54, 1.807) is 0 Å². The molecule has 1 saturated heterocycles. The van der Waals surface area contributed by atoms with Crippen LogP contribution in [0.15, 0.2) is 29.6 Å². The summed E-state index contributed by atoms with van der Waals surface area (Å²) in [5.74, 6) is -1.24. The van der Waals surface area contributed by atoms with Crippen molar-refractivity contribution in [2.24, 2.45) is 11.8 Å². The summed E-state index contributed by atoms with van der Waals surface area (Å²) in [5, 5.41) is 5.06. The number of hydrogen-bond donors (Lipinski definition) is 1. The number of thiazole rings is 1. The Bertz CT molecular complexity index is 866. The molecule has 1 aliphatic carbocycles. The van der Waals surface area contributed by atoms with E-state index in [1.165, 1.54) is 16.9 Å². The van der Waals surface area contributed by atoms with Gasteiger partial charge in [0.25, 0.3) is 0 Å². The second-order valence-corrected chi connectivity index (χ2v) is 8.07. The Labute approximate surface area is 161 Å². The lowest BCUT2D eigenvalue weighted by atomic mass is 9.81. The van der Waals surface area contributed by atoms with Gasteiger partial charge in [-0.15, -0.1) is 11.3 Å². The number of nitrogens with one attached hydrogen (secondary N) is 1. The van der Waals surface area contributed by atoms with Crippen LogP contribution >= 0.6 is 11.3 Å². The van der Waals surface area contributed by atoms with Gasteiger partial charge in [0.1, 0.15) is 6.54 Å². The van der Waals surface area contributed by atoms with E-state index in [-0.39, 0.29) is 36.1 Å². The Morgan fingerprint density at radius 1 is 1.15 bits per heavy atom. The highest BCUT2D eigenvalue weighted by atomic mass is 32.1. The summed E-state index contributed by atoms with van der Waals surface area (Å²) < 4.78 is 0. The monoisotopic (exact) mass is 383 g/mol. The van der Waals surface area contributed by atoms with Gasteiger partial charge in [-0.05, 0) is 19.8 Å². The molecule has 0 bridgehead atoms. The van der Waals surface area contributed by atoms with Crippen LogP contribution in [0.2, 0.25) is 0 Å². The minimum Gasteiger partial charge on any atom is -0.300 e. The molecule has 7 heteroatoms. The average molecular weight is 383 g/mol. The number of likely N-dealkylation sites (tertiary alicyclic amines) is 1. The lowest BCUT2D eigenvalue weighted by Gasteiger charge is -2.19. The number of hydrogen-bond acceptors (Lipinski definition) is 5. The van der Waals surface area contributed by atoms with E-state index in [0.29, 0.717) is 5.13 Å². The highest BCUT2D eigenvalue weighted by Gasteiger charge is 2.48. The first kappa shape index (κ1) is 17.9. The van der Waals surface area contributed by atoms with Gasteiger partial charge < -0.3 is 5.32 Å². The predicted octanol–water partition coefficient (Wildman–Crippen LogP) is 3.23. The lowest BCUT2D eigenvalue weighted by Crippen LogP contribution is -2.38. The van der Waals surface area contributed by atoms with Gasteiger partial charge in [-0.25, -0.2) is 4.98 Å². The Balaban J connectivity index is 1.40. The topological polar surface area (TPSA) is 79.4 Å². The molecule has 2 heterocycles. The van der Waals surface area contributed by atoms with Crippen molar-refractivity contribution >= 4 is 34.2 Å². The minimum atomic E-state index is -0.389. The van der Waals surface area contributed by atoms with E-state index in [9.17, 15) is 14.4 Å². The summed E-state index contributed by atoms with van der Waals surface area (Å²) in [5.41, 5.74) is 2.93. The summed E-state index contributed by atoms with van der Waals surface area (Å²) in [6.07, 6.45) is 3.45. The molecule has 2 aliphatic rings. The zero-order valence-corrected chi connectivity index (χ0v) is 15.9. The maximum absolute atomic E-state index is 12.5. The van der Waals surface area contributed by atoms with Crippen molar-refractivity contribution in [1.82, 2.24) is 9.88 Å². The van der Waals surface area contributed by atoms with Crippen LogP contribution in [0.4, 0.5) is 5.13 Å². The van der Waals surface area contributed by atoms with Crippen LogP contribution in [0.1, 0.15) is 31.2 Å². The van der Waals surface area contributed by atoms with E-state index < -0.39 is 0 Å². The Morgan fingerprint density at radius 3 is 2.41 bits per heavy atom. The van der Waals surface area contributed by atoms with Crippen molar-refractivity contribution in [2.75, 3.05) is 11.9 Å². The molecule has 1 aromatic carbocycles. The third-order valence-corrected chi connectivity index (χ3v) is 6.09. The summed E-state index contributed by atoms with van der Waals surface area (Å²) in [7, 11) is 0. The van der Waals surface area contributed by atoms with Gasteiger partial charge in [0.05, 0.1) is 17.5 Å². The molecular weight excluding hydrogens is 362 g/mol. The van der Waals surface area contributed by atoms with Crippen molar-refractivity contribution < 1.29 is 14.4 Å². The van der Waals surface area contributed by atoms with Crippen molar-refractivity contribution in [3.05, 3.63) is 35.2 Å². The molecule has 2 atom stereocenters. The van der Waals surface area contributed by atoms with E-state index >= 15 is 0 Å². The van der Waals surface area contributed by atoms with Crippen LogP contribution in [0.3, 0.4) is 0 Å². The van der Waals surface area contributed by atoms with Crippen LogP contribution in [0.5, 0.6) is 0 Å². The third kappa shape index (κ3) is 3.51. The van der Waals surface area contributed by atoms with Crippen molar-refractivity contribution in [3.8, 4) is 11.3 Å². The molecule has 140 valence electrons. The number of rotatable bonds is 4. The summed E-state index contributed by atoms with van der Waals surface area (Å²) >= 11 is 1.33. The normalized spacial score (nSPS) is 22.0. The van der Waals surface area contributed by atoms with Crippen molar-refractivity contribution in [2.45, 2.75) is 32.6 Å². The van der Waals surface area contributed by atoms with Gasteiger partial charge in [0, 0.05) is 10.9 Å².